The Morgan fingerprint density at radius 3 is 2.50 bits per heavy atom. The lowest BCUT2D eigenvalue weighted by Crippen LogP contribution is -2.19. The van der Waals surface area contributed by atoms with E-state index in [9.17, 15) is 4.79 Å². The summed E-state index contributed by atoms with van der Waals surface area (Å²) in [4.78, 5) is 16.9. The minimum absolute atomic E-state index is 0.279. The predicted octanol–water partition coefficient (Wildman–Crippen LogP) is 4.95. The number of aromatic nitrogens is 2. The number of amides is 2. The molecule has 0 atom stereocenters. The van der Waals surface area contributed by atoms with E-state index in [0.717, 1.165) is 28.2 Å². The van der Waals surface area contributed by atoms with Gasteiger partial charge in [-0.3, -0.25) is 0 Å². The summed E-state index contributed by atoms with van der Waals surface area (Å²) in [6.07, 6.45) is 3.97. The molecule has 0 saturated heterocycles. The molecular weight excluding hydrogens is 324 g/mol. The fraction of sp³-hybridized carbons (Fsp3) is 0.0476. The van der Waals surface area contributed by atoms with Gasteiger partial charge >= 0.3 is 6.03 Å². The molecule has 0 bridgehead atoms. The molecule has 2 aromatic heterocycles. The van der Waals surface area contributed by atoms with Gasteiger partial charge in [-0.1, -0.05) is 36.4 Å². The van der Waals surface area contributed by atoms with Crippen LogP contribution in [0.4, 0.5) is 16.2 Å². The van der Waals surface area contributed by atoms with Crippen molar-refractivity contribution < 1.29 is 4.79 Å². The summed E-state index contributed by atoms with van der Waals surface area (Å²) < 4.78 is 2.01. The van der Waals surface area contributed by atoms with Crippen LogP contribution in [0.3, 0.4) is 0 Å². The highest BCUT2D eigenvalue weighted by molar-refractivity contribution is 6.00. The van der Waals surface area contributed by atoms with Crippen molar-refractivity contribution >= 4 is 23.1 Å². The first-order valence-corrected chi connectivity index (χ1v) is 8.37. The average Bonchev–Trinajstić information content (AvgIpc) is 3.08. The van der Waals surface area contributed by atoms with Crippen LogP contribution in [-0.2, 0) is 0 Å². The van der Waals surface area contributed by atoms with Crippen LogP contribution in [0.2, 0.25) is 0 Å². The number of hydrogen-bond acceptors (Lipinski definition) is 2. The Labute approximate surface area is 151 Å². The van der Waals surface area contributed by atoms with E-state index < -0.39 is 0 Å². The number of para-hydroxylation sites is 1. The SMILES string of the molecule is Cc1cccn2cc(-c3cccc(NC(=O)Nc4ccccc4)c3)nc12. The molecule has 5 nitrogen and oxygen atoms in total. The summed E-state index contributed by atoms with van der Waals surface area (Å²) >= 11 is 0. The molecule has 0 aliphatic rings. The number of imidazole rings is 1. The van der Waals surface area contributed by atoms with Crippen LogP contribution in [0.25, 0.3) is 16.9 Å². The number of carbonyl (C=O) groups is 1. The smallest absolute Gasteiger partial charge is 0.308 e. The van der Waals surface area contributed by atoms with Crippen LogP contribution in [0.15, 0.2) is 79.1 Å². The quantitative estimate of drug-likeness (QED) is 0.553. The summed E-state index contributed by atoms with van der Waals surface area (Å²) in [7, 11) is 0. The second-order valence-electron chi connectivity index (χ2n) is 6.07. The maximum atomic E-state index is 12.2. The number of aryl methyl sites for hydroxylation is 1. The highest BCUT2D eigenvalue weighted by Crippen LogP contribution is 2.23. The Balaban J connectivity index is 1.56. The number of nitrogens with one attached hydrogen (secondary N) is 2. The fourth-order valence-corrected chi connectivity index (χ4v) is 2.86. The van der Waals surface area contributed by atoms with E-state index in [0.29, 0.717) is 5.69 Å². The number of hydrogen-bond donors (Lipinski definition) is 2. The largest absolute Gasteiger partial charge is 0.323 e. The lowest BCUT2D eigenvalue weighted by molar-refractivity contribution is 0.262. The lowest BCUT2D eigenvalue weighted by Gasteiger charge is -2.08. The highest BCUT2D eigenvalue weighted by Gasteiger charge is 2.08. The van der Waals surface area contributed by atoms with E-state index in [-0.39, 0.29) is 6.03 Å². The number of anilines is 2. The molecule has 26 heavy (non-hydrogen) atoms. The number of carbonyl (C=O) groups excluding carboxylic acids is 1. The van der Waals surface area contributed by atoms with Crippen LogP contribution in [0.5, 0.6) is 0 Å². The minimum Gasteiger partial charge on any atom is -0.308 e. The van der Waals surface area contributed by atoms with Crippen molar-refractivity contribution in [3.05, 3.63) is 84.7 Å². The topological polar surface area (TPSA) is 58.4 Å². The molecule has 0 radical (unpaired) electrons. The standard InChI is InChI=1S/C21H18N4O/c1-15-7-6-12-25-14-19(24-20(15)25)16-8-5-11-18(13-16)23-21(26)22-17-9-3-2-4-10-17/h2-14H,1H3,(H2,22,23,26). The van der Waals surface area contributed by atoms with Crippen LogP contribution >= 0.6 is 0 Å². The zero-order valence-corrected chi connectivity index (χ0v) is 14.3. The molecule has 0 unspecified atom stereocenters. The molecule has 5 heteroatoms. The molecule has 0 saturated carbocycles. The number of urea groups is 1. The summed E-state index contributed by atoms with van der Waals surface area (Å²) in [5, 5.41) is 5.67. The molecule has 0 aliphatic heterocycles. The van der Waals surface area contributed by atoms with Gasteiger partial charge in [0.2, 0.25) is 0 Å². The van der Waals surface area contributed by atoms with Gasteiger partial charge in [-0.2, -0.15) is 0 Å². The molecule has 2 aromatic carbocycles. The Morgan fingerprint density at radius 2 is 1.69 bits per heavy atom. The van der Waals surface area contributed by atoms with Gasteiger partial charge in [0.15, 0.2) is 0 Å². The van der Waals surface area contributed by atoms with Crippen molar-refractivity contribution in [2.75, 3.05) is 10.6 Å². The molecule has 2 amide bonds. The van der Waals surface area contributed by atoms with E-state index in [1.54, 1.807) is 0 Å². The van der Waals surface area contributed by atoms with Gasteiger partial charge in [0.25, 0.3) is 0 Å². The number of benzene rings is 2. The molecule has 0 aliphatic carbocycles. The van der Waals surface area contributed by atoms with Gasteiger partial charge in [0, 0.05) is 29.3 Å². The van der Waals surface area contributed by atoms with E-state index in [4.69, 9.17) is 4.98 Å². The lowest BCUT2D eigenvalue weighted by atomic mass is 10.1. The Bertz CT molecular complexity index is 1070. The first-order chi connectivity index (χ1) is 12.7. The Morgan fingerprint density at radius 1 is 0.923 bits per heavy atom. The number of nitrogens with zero attached hydrogens (tertiary/aromatic N) is 2. The zero-order valence-electron chi connectivity index (χ0n) is 14.3. The summed E-state index contributed by atoms with van der Waals surface area (Å²) in [5.41, 5.74) is 5.33. The summed E-state index contributed by atoms with van der Waals surface area (Å²) in [6.45, 7) is 2.04. The Kier molecular flexibility index (Phi) is 4.11. The highest BCUT2D eigenvalue weighted by atomic mass is 16.2. The van der Waals surface area contributed by atoms with E-state index >= 15 is 0 Å². The molecular formula is C21H18N4O. The van der Waals surface area contributed by atoms with Crippen LogP contribution < -0.4 is 10.6 Å². The van der Waals surface area contributed by atoms with Gasteiger partial charge < -0.3 is 15.0 Å². The molecule has 0 fully saturated rings. The normalized spacial score (nSPS) is 10.7. The van der Waals surface area contributed by atoms with Crippen LogP contribution in [-0.4, -0.2) is 15.4 Å². The zero-order chi connectivity index (χ0) is 17.9. The summed E-state index contributed by atoms with van der Waals surface area (Å²) in [5.74, 6) is 0. The maximum Gasteiger partial charge on any atom is 0.323 e. The van der Waals surface area contributed by atoms with Gasteiger partial charge in [-0.15, -0.1) is 0 Å². The van der Waals surface area contributed by atoms with Crippen LogP contribution in [0.1, 0.15) is 5.56 Å². The van der Waals surface area contributed by atoms with Crippen LogP contribution in [0, 0.1) is 6.92 Å². The molecule has 4 aromatic rings. The first-order valence-electron chi connectivity index (χ1n) is 8.37. The first kappa shape index (κ1) is 15.9. The van der Waals surface area contributed by atoms with E-state index in [1.807, 2.05) is 90.4 Å². The number of rotatable bonds is 3. The second kappa shape index (κ2) is 6.72. The van der Waals surface area contributed by atoms with Crippen molar-refractivity contribution in [3.8, 4) is 11.3 Å². The third kappa shape index (κ3) is 3.28. The van der Waals surface area contributed by atoms with Gasteiger partial charge in [-0.05, 0) is 42.8 Å². The van der Waals surface area contributed by atoms with Crippen molar-refractivity contribution in [3.63, 3.8) is 0 Å². The van der Waals surface area contributed by atoms with Gasteiger partial charge in [-0.25, -0.2) is 9.78 Å². The maximum absolute atomic E-state index is 12.2. The van der Waals surface area contributed by atoms with Gasteiger partial charge in [0.05, 0.1) is 5.69 Å². The molecule has 2 heterocycles. The fourth-order valence-electron chi connectivity index (χ4n) is 2.86. The molecule has 0 spiro atoms. The van der Waals surface area contributed by atoms with Gasteiger partial charge in [0.1, 0.15) is 5.65 Å². The summed E-state index contributed by atoms with van der Waals surface area (Å²) in [6, 6.07) is 20.8. The minimum atomic E-state index is -0.279. The third-order valence-corrected chi connectivity index (χ3v) is 4.13. The van der Waals surface area contributed by atoms with E-state index in [2.05, 4.69) is 10.6 Å². The predicted molar refractivity (Wildman–Crippen MR) is 104 cm³/mol. The Hall–Kier alpha value is -3.60. The number of fused-ring (bicyclic) bond motifs is 1. The monoisotopic (exact) mass is 342 g/mol. The van der Waals surface area contributed by atoms with E-state index in [1.165, 1.54) is 0 Å². The third-order valence-electron chi connectivity index (χ3n) is 4.13. The number of pyridine rings is 1. The second-order valence-corrected chi connectivity index (χ2v) is 6.07. The van der Waals surface area contributed by atoms with Crippen molar-refractivity contribution in [1.82, 2.24) is 9.38 Å². The average molecular weight is 342 g/mol. The molecule has 128 valence electrons. The van der Waals surface area contributed by atoms with Crippen molar-refractivity contribution in [1.29, 1.82) is 0 Å². The van der Waals surface area contributed by atoms with Crippen molar-refractivity contribution in [2.24, 2.45) is 0 Å². The molecule has 4 rings (SSSR count). The molecule has 2 N–H and O–H groups in total. The van der Waals surface area contributed by atoms with Crippen molar-refractivity contribution in [2.45, 2.75) is 6.92 Å².